The number of amides is 2. The van der Waals surface area contributed by atoms with Crippen molar-refractivity contribution in [3.63, 3.8) is 0 Å². The number of hydrogen-bond acceptors (Lipinski definition) is 1. The number of nitrogens with one attached hydrogen (secondary N) is 2. The first-order chi connectivity index (χ1) is 10.7. The summed E-state index contributed by atoms with van der Waals surface area (Å²) in [5.74, 6) is 0. The molecule has 1 aliphatic carbocycles. The van der Waals surface area contributed by atoms with E-state index in [9.17, 15) is 4.79 Å². The molecule has 3 heteroatoms. The Morgan fingerprint density at radius 3 is 2.64 bits per heavy atom. The lowest BCUT2D eigenvalue weighted by Crippen LogP contribution is -2.34. The molecule has 0 saturated carbocycles. The molecule has 0 saturated heterocycles. The van der Waals surface area contributed by atoms with Crippen molar-refractivity contribution in [2.45, 2.75) is 39.7 Å². The Morgan fingerprint density at radius 2 is 1.91 bits per heavy atom. The van der Waals surface area contributed by atoms with E-state index >= 15 is 0 Å². The number of carbonyl (C=O) groups is 1. The molecule has 3 nitrogen and oxygen atoms in total. The Labute approximate surface area is 132 Å². The minimum Gasteiger partial charge on any atom is -0.334 e. The van der Waals surface area contributed by atoms with Crippen molar-refractivity contribution in [2.24, 2.45) is 0 Å². The van der Waals surface area contributed by atoms with Gasteiger partial charge in [-0.2, -0.15) is 0 Å². The molecular formula is C19H24N2O. The summed E-state index contributed by atoms with van der Waals surface area (Å²) in [6.07, 6.45) is 11.4. The highest BCUT2D eigenvalue weighted by atomic mass is 16.2. The first-order valence-electron chi connectivity index (χ1n) is 7.85. The van der Waals surface area contributed by atoms with Gasteiger partial charge in [0.25, 0.3) is 0 Å². The summed E-state index contributed by atoms with van der Waals surface area (Å²) in [7, 11) is 0. The van der Waals surface area contributed by atoms with Gasteiger partial charge in [-0.05, 0) is 31.4 Å². The van der Waals surface area contributed by atoms with Crippen LogP contribution in [-0.2, 0) is 6.54 Å². The lowest BCUT2D eigenvalue weighted by Gasteiger charge is -2.08. The summed E-state index contributed by atoms with van der Waals surface area (Å²) < 4.78 is 0. The molecule has 0 unspecified atom stereocenters. The first-order valence-corrected chi connectivity index (χ1v) is 7.85. The summed E-state index contributed by atoms with van der Waals surface area (Å²) >= 11 is 0. The van der Waals surface area contributed by atoms with Crippen LogP contribution < -0.4 is 10.6 Å². The molecule has 2 N–H and O–H groups in total. The standard InChI is InChI=1S/C19H24N2O/c1-3-5-16-6-4-7-18(13-12-16)21-19(22)20-14-17-10-8-15(2)9-11-17/h6-13H,3-5,14H2,1-2H3,(H2,20,21,22). The molecule has 0 heterocycles. The van der Waals surface area contributed by atoms with Crippen molar-refractivity contribution < 1.29 is 4.79 Å². The number of allylic oxidation sites excluding steroid dienone is 5. The highest BCUT2D eigenvalue weighted by molar-refractivity contribution is 5.76. The van der Waals surface area contributed by atoms with Crippen LogP contribution in [0.25, 0.3) is 0 Å². The largest absolute Gasteiger partial charge is 0.334 e. The zero-order valence-electron chi connectivity index (χ0n) is 13.4. The van der Waals surface area contributed by atoms with Crippen molar-refractivity contribution in [1.82, 2.24) is 10.6 Å². The molecule has 1 aromatic rings. The number of aryl methyl sites for hydroxylation is 1. The summed E-state index contributed by atoms with van der Waals surface area (Å²) in [5.41, 5.74) is 4.50. The van der Waals surface area contributed by atoms with Crippen molar-refractivity contribution in [1.29, 1.82) is 0 Å². The van der Waals surface area contributed by atoms with Gasteiger partial charge in [0.2, 0.25) is 0 Å². The van der Waals surface area contributed by atoms with Gasteiger partial charge in [-0.25, -0.2) is 4.79 Å². The minimum atomic E-state index is -0.171. The van der Waals surface area contributed by atoms with Gasteiger partial charge < -0.3 is 10.6 Å². The van der Waals surface area contributed by atoms with Crippen LogP contribution in [0.5, 0.6) is 0 Å². The highest BCUT2D eigenvalue weighted by Crippen LogP contribution is 2.13. The number of carbonyl (C=O) groups excluding carboxylic acids is 1. The minimum absolute atomic E-state index is 0.171. The van der Waals surface area contributed by atoms with Gasteiger partial charge in [-0.1, -0.05) is 67.0 Å². The smallest absolute Gasteiger partial charge is 0.319 e. The van der Waals surface area contributed by atoms with Crippen LogP contribution in [0.15, 0.2) is 59.8 Å². The molecule has 0 aromatic heterocycles. The molecule has 0 spiro atoms. The topological polar surface area (TPSA) is 41.1 Å². The van der Waals surface area contributed by atoms with E-state index in [1.165, 1.54) is 11.1 Å². The van der Waals surface area contributed by atoms with E-state index in [1.54, 1.807) is 0 Å². The van der Waals surface area contributed by atoms with E-state index in [0.717, 1.165) is 30.5 Å². The molecule has 2 amide bonds. The predicted octanol–water partition coefficient (Wildman–Crippen LogP) is 4.36. The number of hydrogen-bond donors (Lipinski definition) is 2. The number of urea groups is 1. The maximum absolute atomic E-state index is 12.0. The second kappa shape index (κ2) is 8.23. The lowest BCUT2D eigenvalue weighted by molar-refractivity contribution is 0.243. The molecule has 0 radical (unpaired) electrons. The summed E-state index contributed by atoms with van der Waals surface area (Å²) in [5, 5.41) is 5.77. The molecule has 0 fully saturated rings. The van der Waals surface area contributed by atoms with Crippen molar-refractivity contribution in [3.8, 4) is 0 Å². The van der Waals surface area contributed by atoms with E-state index < -0.39 is 0 Å². The Bertz CT molecular complexity index is 594. The predicted molar refractivity (Wildman–Crippen MR) is 91.4 cm³/mol. The summed E-state index contributed by atoms with van der Waals surface area (Å²) in [4.78, 5) is 12.0. The number of rotatable bonds is 5. The molecular weight excluding hydrogens is 272 g/mol. The van der Waals surface area contributed by atoms with Gasteiger partial charge in [0.05, 0.1) is 0 Å². The highest BCUT2D eigenvalue weighted by Gasteiger charge is 2.04. The van der Waals surface area contributed by atoms with E-state index in [1.807, 2.05) is 36.4 Å². The Morgan fingerprint density at radius 1 is 1.14 bits per heavy atom. The normalized spacial score (nSPS) is 13.9. The van der Waals surface area contributed by atoms with Gasteiger partial charge in [0.15, 0.2) is 0 Å². The fourth-order valence-electron chi connectivity index (χ4n) is 2.30. The average molecular weight is 296 g/mol. The molecule has 22 heavy (non-hydrogen) atoms. The van der Waals surface area contributed by atoms with Gasteiger partial charge in [0, 0.05) is 12.2 Å². The van der Waals surface area contributed by atoms with Crippen LogP contribution >= 0.6 is 0 Å². The quantitative estimate of drug-likeness (QED) is 0.832. The van der Waals surface area contributed by atoms with Gasteiger partial charge >= 0.3 is 6.03 Å². The van der Waals surface area contributed by atoms with E-state index in [2.05, 4.69) is 36.6 Å². The zero-order chi connectivity index (χ0) is 15.8. The Balaban J connectivity index is 1.81. The Kier molecular flexibility index (Phi) is 6.01. The molecule has 0 bridgehead atoms. The molecule has 2 rings (SSSR count). The zero-order valence-corrected chi connectivity index (χ0v) is 13.4. The SMILES string of the molecule is CCCC1=CCC=C(NC(=O)NCc2ccc(C)cc2)C=C1. The maximum Gasteiger partial charge on any atom is 0.319 e. The van der Waals surface area contributed by atoms with Gasteiger partial charge in [0.1, 0.15) is 0 Å². The summed E-state index contributed by atoms with van der Waals surface area (Å²) in [6.45, 7) is 4.75. The van der Waals surface area contributed by atoms with Crippen LogP contribution in [0.2, 0.25) is 0 Å². The monoisotopic (exact) mass is 296 g/mol. The Hall–Kier alpha value is -2.29. The fourth-order valence-corrected chi connectivity index (χ4v) is 2.30. The lowest BCUT2D eigenvalue weighted by atomic mass is 10.1. The van der Waals surface area contributed by atoms with E-state index in [-0.39, 0.29) is 6.03 Å². The van der Waals surface area contributed by atoms with Gasteiger partial charge in [-0.15, -0.1) is 0 Å². The summed E-state index contributed by atoms with van der Waals surface area (Å²) in [6, 6.07) is 7.98. The molecule has 0 aliphatic heterocycles. The van der Waals surface area contributed by atoms with Gasteiger partial charge in [-0.3, -0.25) is 0 Å². The van der Waals surface area contributed by atoms with E-state index in [4.69, 9.17) is 0 Å². The third-order valence-corrected chi connectivity index (χ3v) is 3.56. The van der Waals surface area contributed by atoms with Crippen LogP contribution in [0, 0.1) is 6.92 Å². The van der Waals surface area contributed by atoms with Crippen LogP contribution in [0.4, 0.5) is 4.79 Å². The van der Waals surface area contributed by atoms with Crippen molar-refractivity contribution in [2.75, 3.05) is 0 Å². The van der Waals surface area contributed by atoms with Crippen LogP contribution in [0.1, 0.15) is 37.3 Å². The molecule has 0 atom stereocenters. The van der Waals surface area contributed by atoms with Crippen LogP contribution in [-0.4, -0.2) is 6.03 Å². The molecule has 116 valence electrons. The first kappa shape index (κ1) is 16.1. The maximum atomic E-state index is 12.0. The molecule has 1 aliphatic rings. The third-order valence-electron chi connectivity index (χ3n) is 3.56. The van der Waals surface area contributed by atoms with Crippen LogP contribution in [0.3, 0.4) is 0 Å². The second-order valence-corrected chi connectivity index (χ2v) is 5.55. The van der Waals surface area contributed by atoms with Crippen molar-refractivity contribution in [3.05, 3.63) is 71.0 Å². The molecule has 1 aromatic carbocycles. The fraction of sp³-hybridized carbons (Fsp3) is 0.316. The van der Waals surface area contributed by atoms with E-state index in [0.29, 0.717) is 6.54 Å². The van der Waals surface area contributed by atoms with Crippen molar-refractivity contribution >= 4 is 6.03 Å². The third kappa shape index (κ3) is 5.24. The second-order valence-electron chi connectivity index (χ2n) is 5.55. The average Bonchev–Trinajstić information content (AvgIpc) is 2.73. The number of benzene rings is 1.